The van der Waals surface area contributed by atoms with Crippen molar-refractivity contribution in [3.8, 4) is 0 Å². The standard InChI is InChI=1S/C12H13ClF3NO/c1-6(2)10(11(17)18)8-4-3-7(5-9(8)13)12(14,15)16/h3-6,10H,1-2H3,(H2,17,18). The number of hydrogen-bond acceptors (Lipinski definition) is 1. The second-order valence-corrected chi connectivity index (χ2v) is 4.77. The van der Waals surface area contributed by atoms with Crippen LogP contribution in [0, 0.1) is 5.92 Å². The molecule has 1 atom stereocenters. The summed E-state index contributed by atoms with van der Waals surface area (Å²) in [5, 5.41) is -0.0951. The number of benzene rings is 1. The van der Waals surface area contributed by atoms with E-state index in [1.165, 1.54) is 6.07 Å². The Morgan fingerprint density at radius 3 is 2.22 bits per heavy atom. The summed E-state index contributed by atoms with van der Waals surface area (Å²) in [5.41, 5.74) is 4.72. The maximum absolute atomic E-state index is 12.5. The maximum atomic E-state index is 12.5. The fourth-order valence-electron chi connectivity index (χ4n) is 1.80. The highest BCUT2D eigenvalue weighted by atomic mass is 35.5. The van der Waals surface area contributed by atoms with Crippen LogP contribution in [0.1, 0.15) is 30.9 Å². The van der Waals surface area contributed by atoms with E-state index >= 15 is 0 Å². The summed E-state index contributed by atoms with van der Waals surface area (Å²) in [6, 6.07) is 2.93. The van der Waals surface area contributed by atoms with Crippen molar-refractivity contribution in [2.75, 3.05) is 0 Å². The van der Waals surface area contributed by atoms with Gasteiger partial charge in [0.15, 0.2) is 0 Å². The minimum atomic E-state index is -4.46. The van der Waals surface area contributed by atoms with E-state index in [4.69, 9.17) is 17.3 Å². The van der Waals surface area contributed by atoms with Crippen molar-refractivity contribution in [1.29, 1.82) is 0 Å². The van der Waals surface area contributed by atoms with Crippen LogP contribution in [0.4, 0.5) is 13.2 Å². The Bertz CT molecular complexity index is 457. The Labute approximate surface area is 108 Å². The first kappa shape index (κ1) is 14.8. The van der Waals surface area contributed by atoms with Gasteiger partial charge in [-0.2, -0.15) is 13.2 Å². The number of rotatable bonds is 3. The Morgan fingerprint density at radius 1 is 1.33 bits per heavy atom. The molecular weight excluding hydrogens is 267 g/mol. The minimum absolute atomic E-state index is 0.0951. The SMILES string of the molecule is CC(C)C(C(N)=O)c1ccc(C(F)(F)F)cc1Cl. The van der Waals surface area contributed by atoms with E-state index < -0.39 is 23.6 Å². The van der Waals surface area contributed by atoms with Crippen LogP contribution < -0.4 is 5.73 Å². The second-order valence-electron chi connectivity index (χ2n) is 4.36. The van der Waals surface area contributed by atoms with Crippen LogP contribution in [0.25, 0.3) is 0 Å². The van der Waals surface area contributed by atoms with Gasteiger partial charge in [0.2, 0.25) is 5.91 Å². The van der Waals surface area contributed by atoms with Gasteiger partial charge in [-0.05, 0) is 23.6 Å². The molecule has 0 bridgehead atoms. The van der Waals surface area contributed by atoms with Gasteiger partial charge >= 0.3 is 6.18 Å². The number of primary amides is 1. The van der Waals surface area contributed by atoms with Gasteiger partial charge in [0.05, 0.1) is 11.5 Å². The lowest BCUT2D eigenvalue weighted by atomic mass is 9.87. The molecule has 1 amide bonds. The summed E-state index contributed by atoms with van der Waals surface area (Å²) in [4.78, 5) is 11.3. The second kappa shape index (κ2) is 5.18. The fourth-order valence-corrected chi connectivity index (χ4v) is 2.09. The van der Waals surface area contributed by atoms with Crippen LogP contribution in [0.5, 0.6) is 0 Å². The molecule has 0 saturated heterocycles. The molecule has 0 aromatic heterocycles. The number of halogens is 4. The predicted octanol–water partition coefficient (Wildman–Crippen LogP) is 3.58. The van der Waals surface area contributed by atoms with Crippen molar-refractivity contribution in [3.63, 3.8) is 0 Å². The lowest BCUT2D eigenvalue weighted by Crippen LogP contribution is -2.26. The van der Waals surface area contributed by atoms with Crippen molar-refractivity contribution in [2.24, 2.45) is 11.7 Å². The molecule has 0 spiro atoms. The highest BCUT2D eigenvalue weighted by molar-refractivity contribution is 6.31. The van der Waals surface area contributed by atoms with Crippen molar-refractivity contribution in [2.45, 2.75) is 25.9 Å². The minimum Gasteiger partial charge on any atom is -0.369 e. The van der Waals surface area contributed by atoms with E-state index in [2.05, 4.69) is 0 Å². The van der Waals surface area contributed by atoms with E-state index in [-0.39, 0.29) is 10.9 Å². The van der Waals surface area contributed by atoms with Crippen LogP contribution in [0.3, 0.4) is 0 Å². The van der Waals surface area contributed by atoms with Gasteiger partial charge in [-0.3, -0.25) is 4.79 Å². The number of nitrogens with two attached hydrogens (primary N) is 1. The molecule has 0 aliphatic rings. The topological polar surface area (TPSA) is 43.1 Å². The zero-order valence-electron chi connectivity index (χ0n) is 9.88. The zero-order chi connectivity index (χ0) is 14.1. The van der Waals surface area contributed by atoms with Gasteiger partial charge in [-0.15, -0.1) is 0 Å². The molecule has 0 aliphatic heterocycles. The Kier molecular flexibility index (Phi) is 4.27. The first-order chi connectivity index (χ1) is 8.14. The number of carbonyl (C=O) groups excluding carboxylic acids is 1. The van der Waals surface area contributed by atoms with Gasteiger partial charge in [-0.1, -0.05) is 31.5 Å². The van der Waals surface area contributed by atoms with Crippen LogP contribution in [0.15, 0.2) is 18.2 Å². The van der Waals surface area contributed by atoms with Crippen LogP contribution in [-0.4, -0.2) is 5.91 Å². The molecular formula is C12H13ClF3NO. The average Bonchev–Trinajstić information content (AvgIpc) is 2.18. The van der Waals surface area contributed by atoms with Crippen LogP contribution in [0.2, 0.25) is 5.02 Å². The third kappa shape index (κ3) is 3.16. The molecule has 0 fully saturated rings. The molecule has 1 unspecified atom stereocenters. The van der Waals surface area contributed by atoms with E-state index in [9.17, 15) is 18.0 Å². The van der Waals surface area contributed by atoms with Crippen molar-refractivity contribution < 1.29 is 18.0 Å². The summed E-state index contributed by atoms with van der Waals surface area (Å²) in [5.74, 6) is -1.44. The predicted molar refractivity (Wildman–Crippen MR) is 63.2 cm³/mol. The summed E-state index contributed by atoms with van der Waals surface area (Å²) < 4.78 is 37.4. The number of amides is 1. The van der Waals surface area contributed by atoms with Gasteiger partial charge < -0.3 is 5.73 Å². The first-order valence-corrected chi connectivity index (χ1v) is 5.68. The largest absolute Gasteiger partial charge is 0.416 e. The molecule has 6 heteroatoms. The number of hydrogen-bond donors (Lipinski definition) is 1. The molecule has 0 radical (unpaired) electrons. The highest BCUT2D eigenvalue weighted by Gasteiger charge is 2.32. The Morgan fingerprint density at radius 2 is 1.89 bits per heavy atom. The van der Waals surface area contributed by atoms with E-state index in [1.54, 1.807) is 13.8 Å². The third-order valence-corrected chi connectivity index (χ3v) is 2.96. The van der Waals surface area contributed by atoms with E-state index in [0.717, 1.165) is 12.1 Å². The van der Waals surface area contributed by atoms with Gasteiger partial charge in [-0.25, -0.2) is 0 Å². The lowest BCUT2D eigenvalue weighted by molar-refractivity contribution is -0.137. The summed E-state index contributed by atoms with van der Waals surface area (Å²) in [6.45, 7) is 3.51. The quantitative estimate of drug-likeness (QED) is 0.903. The average molecular weight is 280 g/mol. The Hall–Kier alpha value is -1.23. The monoisotopic (exact) mass is 279 g/mol. The van der Waals surface area contributed by atoms with E-state index in [0.29, 0.717) is 5.56 Å². The van der Waals surface area contributed by atoms with Crippen LogP contribution >= 0.6 is 11.6 Å². The van der Waals surface area contributed by atoms with Crippen molar-refractivity contribution >= 4 is 17.5 Å². The molecule has 0 heterocycles. The van der Waals surface area contributed by atoms with Crippen LogP contribution in [-0.2, 0) is 11.0 Å². The molecule has 0 saturated carbocycles. The molecule has 0 aliphatic carbocycles. The summed E-state index contributed by atoms with van der Waals surface area (Å²) >= 11 is 5.81. The molecule has 100 valence electrons. The number of carbonyl (C=O) groups is 1. The molecule has 1 aromatic carbocycles. The molecule has 1 rings (SSSR count). The molecule has 1 aromatic rings. The van der Waals surface area contributed by atoms with Gasteiger partial charge in [0, 0.05) is 5.02 Å². The summed E-state index contributed by atoms with van der Waals surface area (Å²) in [6.07, 6.45) is -4.46. The van der Waals surface area contributed by atoms with Crippen molar-refractivity contribution in [1.82, 2.24) is 0 Å². The number of alkyl halides is 3. The highest BCUT2D eigenvalue weighted by Crippen LogP contribution is 2.36. The molecule has 2 nitrogen and oxygen atoms in total. The molecule has 2 N–H and O–H groups in total. The van der Waals surface area contributed by atoms with Gasteiger partial charge in [0.1, 0.15) is 0 Å². The zero-order valence-corrected chi connectivity index (χ0v) is 10.6. The summed E-state index contributed by atoms with van der Waals surface area (Å²) in [7, 11) is 0. The maximum Gasteiger partial charge on any atom is 0.416 e. The Balaban J connectivity index is 3.24. The lowest BCUT2D eigenvalue weighted by Gasteiger charge is -2.19. The fraction of sp³-hybridized carbons (Fsp3) is 0.417. The smallest absolute Gasteiger partial charge is 0.369 e. The molecule has 18 heavy (non-hydrogen) atoms. The first-order valence-electron chi connectivity index (χ1n) is 5.30. The normalized spacial score (nSPS) is 13.7. The van der Waals surface area contributed by atoms with E-state index in [1.807, 2.05) is 0 Å². The third-order valence-electron chi connectivity index (χ3n) is 2.64. The van der Waals surface area contributed by atoms with Gasteiger partial charge in [0.25, 0.3) is 0 Å². The van der Waals surface area contributed by atoms with Crippen molar-refractivity contribution in [3.05, 3.63) is 34.3 Å².